The van der Waals surface area contributed by atoms with Gasteiger partial charge < -0.3 is 9.47 Å². The highest BCUT2D eigenvalue weighted by molar-refractivity contribution is 6.32. The molecule has 0 N–H and O–H groups in total. The van der Waals surface area contributed by atoms with E-state index in [1.54, 1.807) is 12.1 Å². The first-order chi connectivity index (χ1) is 12.1. The van der Waals surface area contributed by atoms with Gasteiger partial charge in [-0.25, -0.2) is 4.98 Å². The van der Waals surface area contributed by atoms with Crippen molar-refractivity contribution in [3.63, 3.8) is 0 Å². The van der Waals surface area contributed by atoms with E-state index in [0.29, 0.717) is 16.5 Å². The quantitative estimate of drug-likeness (QED) is 0.489. The molecule has 25 heavy (non-hydrogen) atoms. The van der Waals surface area contributed by atoms with Gasteiger partial charge in [-0.3, -0.25) is 4.79 Å². The summed E-state index contributed by atoms with van der Waals surface area (Å²) in [7, 11) is 1.51. The van der Waals surface area contributed by atoms with Crippen molar-refractivity contribution in [3.8, 4) is 11.5 Å². The van der Waals surface area contributed by atoms with Crippen LogP contribution < -0.4 is 9.47 Å². The van der Waals surface area contributed by atoms with Crippen molar-refractivity contribution < 1.29 is 14.3 Å². The first-order valence-electron chi connectivity index (χ1n) is 7.66. The largest absolute Gasteiger partial charge is 0.493 e. The Bertz CT molecular complexity index is 966. The molecule has 0 fully saturated rings. The van der Waals surface area contributed by atoms with Crippen LogP contribution in [0.2, 0.25) is 5.02 Å². The van der Waals surface area contributed by atoms with Gasteiger partial charge in [0.25, 0.3) is 0 Å². The van der Waals surface area contributed by atoms with Gasteiger partial charge in [0.05, 0.1) is 23.3 Å². The third-order valence-electron chi connectivity index (χ3n) is 3.59. The second kappa shape index (κ2) is 7.36. The molecular formula is C20H16ClNO3. The summed E-state index contributed by atoms with van der Waals surface area (Å²) in [5.41, 5.74) is 2.49. The van der Waals surface area contributed by atoms with E-state index < -0.39 is 5.97 Å². The van der Waals surface area contributed by atoms with Crippen LogP contribution in [0.3, 0.4) is 0 Å². The molecule has 0 bridgehead atoms. The number of para-hydroxylation sites is 1. The third-order valence-corrected chi connectivity index (χ3v) is 3.92. The minimum absolute atomic E-state index is 0.293. The van der Waals surface area contributed by atoms with E-state index in [1.807, 2.05) is 48.6 Å². The predicted octanol–water partition coefficient (Wildman–Crippen LogP) is 4.99. The van der Waals surface area contributed by atoms with E-state index in [1.165, 1.54) is 14.0 Å². The summed E-state index contributed by atoms with van der Waals surface area (Å²) in [5.74, 6) is 0.296. The third kappa shape index (κ3) is 3.98. The molecule has 2 aromatic carbocycles. The molecule has 0 unspecified atom stereocenters. The molecule has 3 aromatic rings. The number of carbonyl (C=O) groups excluding carboxylic acids is 1. The lowest BCUT2D eigenvalue weighted by Crippen LogP contribution is -2.03. The van der Waals surface area contributed by atoms with Crippen LogP contribution in [0.4, 0.5) is 0 Å². The van der Waals surface area contributed by atoms with E-state index in [-0.39, 0.29) is 0 Å². The van der Waals surface area contributed by atoms with Crippen LogP contribution >= 0.6 is 11.6 Å². The van der Waals surface area contributed by atoms with Gasteiger partial charge in [-0.2, -0.15) is 0 Å². The average Bonchev–Trinajstić information content (AvgIpc) is 2.60. The second-order valence-corrected chi connectivity index (χ2v) is 5.79. The molecule has 0 aliphatic carbocycles. The highest BCUT2D eigenvalue weighted by atomic mass is 35.5. The minimum atomic E-state index is -0.432. The maximum absolute atomic E-state index is 11.2. The van der Waals surface area contributed by atoms with Gasteiger partial charge in [0.1, 0.15) is 0 Å². The summed E-state index contributed by atoms with van der Waals surface area (Å²) in [6.45, 7) is 1.33. The smallest absolute Gasteiger partial charge is 0.308 e. The summed E-state index contributed by atoms with van der Waals surface area (Å²) < 4.78 is 10.4. The number of aromatic nitrogens is 1. The van der Waals surface area contributed by atoms with Crippen LogP contribution in [0, 0.1) is 0 Å². The Hall–Kier alpha value is -2.85. The average molecular weight is 354 g/mol. The Labute approximate surface area is 150 Å². The van der Waals surface area contributed by atoms with Gasteiger partial charge in [0, 0.05) is 18.4 Å². The Morgan fingerprint density at radius 3 is 2.64 bits per heavy atom. The maximum Gasteiger partial charge on any atom is 0.308 e. The molecule has 5 heteroatoms. The molecule has 0 amide bonds. The monoisotopic (exact) mass is 353 g/mol. The van der Waals surface area contributed by atoms with Crippen LogP contribution in [0.1, 0.15) is 18.2 Å². The topological polar surface area (TPSA) is 48.4 Å². The number of halogens is 1. The van der Waals surface area contributed by atoms with E-state index in [2.05, 4.69) is 4.98 Å². The van der Waals surface area contributed by atoms with Gasteiger partial charge in [-0.1, -0.05) is 41.9 Å². The SMILES string of the molecule is COc1cc(/C=C/c2ccc3ccccc3n2)c(Cl)cc1OC(C)=O. The summed E-state index contributed by atoms with van der Waals surface area (Å²) >= 11 is 6.28. The van der Waals surface area contributed by atoms with E-state index in [0.717, 1.165) is 22.2 Å². The molecular weight excluding hydrogens is 338 g/mol. The number of hydrogen-bond donors (Lipinski definition) is 0. The summed E-state index contributed by atoms with van der Waals surface area (Å²) in [4.78, 5) is 15.7. The highest BCUT2D eigenvalue weighted by Crippen LogP contribution is 2.34. The molecule has 0 atom stereocenters. The Morgan fingerprint density at radius 2 is 1.88 bits per heavy atom. The number of carbonyl (C=O) groups is 1. The van der Waals surface area contributed by atoms with Gasteiger partial charge >= 0.3 is 5.97 Å². The van der Waals surface area contributed by atoms with Gasteiger partial charge in [0.15, 0.2) is 11.5 Å². The molecule has 4 nitrogen and oxygen atoms in total. The van der Waals surface area contributed by atoms with Gasteiger partial charge in [-0.15, -0.1) is 0 Å². The van der Waals surface area contributed by atoms with Crippen LogP contribution in [0.5, 0.6) is 11.5 Å². The van der Waals surface area contributed by atoms with Gasteiger partial charge in [-0.05, 0) is 29.8 Å². The summed E-state index contributed by atoms with van der Waals surface area (Å²) in [5, 5.41) is 1.54. The van der Waals surface area contributed by atoms with Crippen molar-refractivity contribution in [1.29, 1.82) is 0 Å². The molecule has 0 aliphatic heterocycles. The number of nitrogens with zero attached hydrogens (tertiary/aromatic N) is 1. The van der Waals surface area contributed by atoms with Crippen LogP contribution in [-0.4, -0.2) is 18.1 Å². The normalized spacial score (nSPS) is 11.0. The molecule has 0 radical (unpaired) electrons. The zero-order valence-corrected chi connectivity index (χ0v) is 14.6. The molecule has 0 saturated carbocycles. The molecule has 3 rings (SSSR count). The van der Waals surface area contributed by atoms with Crippen molar-refractivity contribution in [2.45, 2.75) is 6.92 Å². The first kappa shape index (κ1) is 17.0. The lowest BCUT2D eigenvalue weighted by Gasteiger charge is -2.10. The Kier molecular flexibility index (Phi) is 5.00. The molecule has 1 heterocycles. The number of pyridine rings is 1. The van der Waals surface area contributed by atoms with Crippen LogP contribution in [0.25, 0.3) is 23.1 Å². The Morgan fingerprint density at radius 1 is 1.08 bits per heavy atom. The van der Waals surface area contributed by atoms with Gasteiger partial charge in [0.2, 0.25) is 0 Å². The van der Waals surface area contributed by atoms with Crippen molar-refractivity contribution in [2.75, 3.05) is 7.11 Å². The summed E-state index contributed by atoms with van der Waals surface area (Å²) in [6, 6.07) is 15.2. The molecule has 0 saturated heterocycles. The van der Waals surface area contributed by atoms with Crippen molar-refractivity contribution >= 4 is 40.6 Å². The highest BCUT2D eigenvalue weighted by Gasteiger charge is 2.11. The fourth-order valence-corrected chi connectivity index (χ4v) is 2.64. The standard InChI is InChI=1S/C20H16ClNO3/c1-13(23)25-20-12-17(21)15(11-19(20)24-2)8-10-16-9-7-14-5-3-4-6-18(14)22-16/h3-12H,1-2H3/b10-8+. The van der Waals surface area contributed by atoms with Crippen LogP contribution in [0.15, 0.2) is 48.5 Å². The molecule has 126 valence electrons. The number of rotatable bonds is 4. The number of ether oxygens (including phenoxy) is 2. The molecule has 1 aromatic heterocycles. The lowest BCUT2D eigenvalue weighted by atomic mass is 10.1. The number of benzene rings is 2. The predicted molar refractivity (Wildman–Crippen MR) is 100.0 cm³/mol. The van der Waals surface area contributed by atoms with E-state index >= 15 is 0 Å². The zero-order chi connectivity index (χ0) is 17.8. The maximum atomic E-state index is 11.2. The number of esters is 1. The van der Waals surface area contributed by atoms with Crippen molar-refractivity contribution in [3.05, 3.63) is 64.8 Å². The first-order valence-corrected chi connectivity index (χ1v) is 8.04. The van der Waals surface area contributed by atoms with Crippen LogP contribution in [-0.2, 0) is 4.79 Å². The zero-order valence-electron chi connectivity index (χ0n) is 13.8. The fourth-order valence-electron chi connectivity index (χ4n) is 2.42. The molecule has 0 spiro atoms. The van der Waals surface area contributed by atoms with Crippen molar-refractivity contribution in [1.82, 2.24) is 4.98 Å². The Balaban J connectivity index is 1.92. The second-order valence-electron chi connectivity index (χ2n) is 5.38. The number of hydrogen-bond acceptors (Lipinski definition) is 4. The lowest BCUT2D eigenvalue weighted by molar-refractivity contribution is -0.132. The summed E-state index contributed by atoms with van der Waals surface area (Å²) in [6.07, 6.45) is 3.72. The minimum Gasteiger partial charge on any atom is -0.493 e. The molecule has 0 aliphatic rings. The van der Waals surface area contributed by atoms with E-state index in [4.69, 9.17) is 21.1 Å². The van der Waals surface area contributed by atoms with Crippen molar-refractivity contribution in [2.24, 2.45) is 0 Å². The fraction of sp³-hybridized carbons (Fsp3) is 0.100. The number of fused-ring (bicyclic) bond motifs is 1. The number of methoxy groups -OCH3 is 1. The van der Waals surface area contributed by atoms with E-state index in [9.17, 15) is 4.79 Å².